The minimum Gasteiger partial charge on any atom is -0.318 e. The van der Waals surface area contributed by atoms with Gasteiger partial charge in [-0.1, -0.05) is 48.0 Å². The van der Waals surface area contributed by atoms with Crippen LogP contribution < -0.4 is 5.32 Å². The van der Waals surface area contributed by atoms with Crippen LogP contribution in [-0.4, -0.2) is 15.5 Å². The number of thiophene rings is 1. The number of nitrogens with zero attached hydrogens (tertiary/aromatic N) is 2. The maximum atomic E-state index is 13.5. The van der Waals surface area contributed by atoms with Gasteiger partial charge in [0.2, 0.25) is 0 Å². The number of fused-ring (bicyclic) bond motifs is 3. The number of para-hydroxylation sites is 2. The van der Waals surface area contributed by atoms with E-state index in [4.69, 9.17) is 11.6 Å². The lowest BCUT2D eigenvalue weighted by molar-refractivity contribution is 0.195. The van der Waals surface area contributed by atoms with Gasteiger partial charge in [-0.05, 0) is 47.3 Å². The lowest BCUT2D eigenvalue weighted by Gasteiger charge is -2.30. The largest absolute Gasteiger partial charge is 0.323 e. The average Bonchev–Trinajstić information content (AvgIpc) is 3.41. The molecule has 0 saturated carbocycles. The topological polar surface area (TPSA) is 37.3 Å². The van der Waals surface area contributed by atoms with Crippen LogP contribution in [0.25, 0.3) is 5.69 Å². The van der Waals surface area contributed by atoms with Gasteiger partial charge >= 0.3 is 6.03 Å². The molecule has 2 aromatic carbocycles. The van der Waals surface area contributed by atoms with Gasteiger partial charge in [0.15, 0.2) is 0 Å². The van der Waals surface area contributed by atoms with Crippen molar-refractivity contribution < 1.29 is 4.79 Å². The van der Waals surface area contributed by atoms with E-state index < -0.39 is 0 Å². The molecule has 0 spiro atoms. The van der Waals surface area contributed by atoms with Gasteiger partial charge < -0.3 is 14.8 Å². The monoisotopic (exact) mass is 419 g/mol. The van der Waals surface area contributed by atoms with Crippen molar-refractivity contribution in [2.45, 2.75) is 12.6 Å². The van der Waals surface area contributed by atoms with Gasteiger partial charge in [-0.3, -0.25) is 0 Å². The molecular weight excluding hydrogens is 402 g/mol. The molecule has 0 radical (unpaired) electrons. The summed E-state index contributed by atoms with van der Waals surface area (Å²) in [7, 11) is 0. The number of aromatic nitrogens is 1. The molecule has 1 atom stereocenters. The SMILES string of the molecule is O=C(Nc1ccccc1Cl)N1Cc2ccccc2-n2cccc2[C@@H]1c1cccs1. The zero-order chi connectivity index (χ0) is 19.8. The van der Waals surface area contributed by atoms with Crippen LogP contribution in [0.2, 0.25) is 5.02 Å². The molecule has 4 aromatic rings. The number of hydrogen-bond acceptors (Lipinski definition) is 2. The molecule has 29 heavy (non-hydrogen) atoms. The Morgan fingerprint density at radius 2 is 1.83 bits per heavy atom. The highest BCUT2D eigenvalue weighted by molar-refractivity contribution is 7.10. The summed E-state index contributed by atoms with van der Waals surface area (Å²) in [5.41, 5.74) is 3.86. The number of urea groups is 1. The van der Waals surface area contributed by atoms with E-state index in [9.17, 15) is 4.79 Å². The van der Waals surface area contributed by atoms with E-state index in [0.717, 1.165) is 21.8 Å². The summed E-state index contributed by atoms with van der Waals surface area (Å²) in [6.45, 7) is 0.497. The smallest absolute Gasteiger partial charge is 0.318 e. The number of carbonyl (C=O) groups excluding carboxylic acids is 1. The Hall–Kier alpha value is -3.02. The van der Waals surface area contributed by atoms with Crippen molar-refractivity contribution in [1.82, 2.24) is 9.47 Å². The highest BCUT2D eigenvalue weighted by Crippen LogP contribution is 2.38. The fraction of sp³-hybridized carbons (Fsp3) is 0.0870. The Bertz CT molecular complexity index is 1170. The van der Waals surface area contributed by atoms with Gasteiger partial charge in [0.05, 0.1) is 28.6 Å². The van der Waals surface area contributed by atoms with Crippen molar-refractivity contribution in [2.24, 2.45) is 0 Å². The molecule has 0 bridgehead atoms. The number of hydrogen-bond donors (Lipinski definition) is 1. The van der Waals surface area contributed by atoms with Crippen molar-refractivity contribution >= 4 is 34.7 Å². The summed E-state index contributed by atoms with van der Waals surface area (Å²) in [6, 6.07) is 23.4. The van der Waals surface area contributed by atoms with Crippen molar-refractivity contribution in [2.75, 3.05) is 5.32 Å². The molecule has 5 rings (SSSR count). The van der Waals surface area contributed by atoms with Crippen LogP contribution in [0.3, 0.4) is 0 Å². The van der Waals surface area contributed by atoms with Crippen molar-refractivity contribution in [3.8, 4) is 5.69 Å². The Morgan fingerprint density at radius 1 is 1.00 bits per heavy atom. The Kier molecular flexibility index (Phi) is 4.62. The fourth-order valence-corrected chi connectivity index (χ4v) is 4.87. The molecule has 144 valence electrons. The minimum absolute atomic E-state index is 0.180. The lowest BCUT2D eigenvalue weighted by Crippen LogP contribution is -2.37. The van der Waals surface area contributed by atoms with Crippen LogP contribution in [0.15, 0.2) is 84.4 Å². The first-order valence-electron chi connectivity index (χ1n) is 9.33. The van der Waals surface area contributed by atoms with Gasteiger partial charge in [0, 0.05) is 11.1 Å². The van der Waals surface area contributed by atoms with Crippen LogP contribution >= 0.6 is 22.9 Å². The van der Waals surface area contributed by atoms with E-state index in [1.807, 2.05) is 52.7 Å². The second kappa shape index (κ2) is 7.43. The number of benzene rings is 2. The Balaban J connectivity index is 1.63. The van der Waals surface area contributed by atoms with Gasteiger partial charge in [0.1, 0.15) is 6.04 Å². The normalized spacial score (nSPS) is 15.3. The van der Waals surface area contributed by atoms with Crippen molar-refractivity contribution in [1.29, 1.82) is 0 Å². The summed E-state index contributed by atoms with van der Waals surface area (Å²) in [5.74, 6) is 0. The average molecular weight is 420 g/mol. The predicted molar refractivity (Wildman–Crippen MR) is 118 cm³/mol. The Labute approximate surface area is 178 Å². The first-order chi connectivity index (χ1) is 14.2. The first-order valence-corrected chi connectivity index (χ1v) is 10.6. The number of halogens is 1. The van der Waals surface area contributed by atoms with Gasteiger partial charge in [0.25, 0.3) is 0 Å². The summed E-state index contributed by atoms with van der Waals surface area (Å²) in [6.07, 6.45) is 2.06. The van der Waals surface area contributed by atoms with E-state index in [0.29, 0.717) is 17.3 Å². The van der Waals surface area contributed by atoms with E-state index in [1.54, 1.807) is 17.4 Å². The molecule has 4 nitrogen and oxygen atoms in total. The molecule has 6 heteroatoms. The maximum Gasteiger partial charge on any atom is 0.323 e. The summed E-state index contributed by atoms with van der Waals surface area (Å²) in [5, 5.41) is 5.57. The number of nitrogens with one attached hydrogen (secondary N) is 1. The standard InChI is InChI=1S/C23H18ClN3OS/c24-17-8-2-3-9-18(17)25-23(28)27-15-16-7-1-4-10-19(16)26-13-5-11-20(26)22(27)21-12-6-14-29-21/h1-14,22H,15H2,(H,25,28)/t22-/m1/s1. The minimum atomic E-state index is -0.195. The lowest BCUT2D eigenvalue weighted by atomic mass is 10.1. The maximum absolute atomic E-state index is 13.5. The molecular formula is C23H18ClN3OS. The van der Waals surface area contributed by atoms with E-state index in [2.05, 4.69) is 40.3 Å². The third-order valence-electron chi connectivity index (χ3n) is 5.15. The van der Waals surface area contributed by atoms with Gasteiger partial charge in [-0.15, -0.1) is 11.3 Å². The number of rotatable bonds is 2. The third-order valence-corrected chi connectivity index (χ3v) is 6.41. The van der Waals surface area contributed by atoms with E-state index in [1.165, 1.54) is 0 Å². The number of anilines is 1. The highest BCUT2D eigenvalue weighted by Gasteiger charge is 2.33. The van der Waals surface area contributed by atoms with Crippen LogP contribution in [-0.2, 0) is 6.54 Å². The van der Waals surface area contributed by atoms with E-state index in [-0.39, 0.29) is 12.1 Å². The molecule has 1 aliphatic rings. The highest BCUT2D eigenvalue weighted by atomic mass is 35.5. The molecule has 3 heterocycles. The molecule has 0 saturated heterocycles. The van der Waals surface area contributed by atoms with Crippen LogP contribution in [0.4, 0.5) is 10.5 Å². The number of carbonyl (C=O) groups is 1. The summed E-state index contributed by atoms with van der Waals surface area (Å²) >= 11 is 7.94. The quantitative estimate of drug-likeness (QED) is 0.405. The first kappa shape index (κ1) is 18.0. The molecule has 0 unspecified atom stereocenters. The Morgan fingerprint density at radius 3 is 2.66 bits per heavy atom. The second-order valence-corrected chi connectivity index (χ2v) is 8.27. The summed E-state index contributed by atoms with van der Waals surface area (Å²) < 4.78 is 2.18. The molecule has 0 aliphatic carbocycles. The van der Waals surface area contributed by atoms with Crippen LogP contribution in [0.1, 0.15) is 22.2 Å². The van der Waals surface area contributed by atoms with Gasteiger partial charge in [-0.2, -0.15) is 0 Å². The van der Waals surface area contributed by atoms with E-state index >= 15 is 0 Å². The molecule has 2 aromatic heterocycles. The second-order valence-electron chi connectivity index (χ2n) is 6.89. The molecule has 1 N–H and O–H groups in total. The molecule has 0 fully saturated rings. The van der Waals surface area contributed by atoms with Gasteiger partial charge in [-0.25, -0.2) is 4.79 Å². The van der Waals surface area contributed by atoms with Crippen LogP contribution in [0, 0.1) is 0 Å². The molecule has 2 amide bonds. The van der Waals surface area contributed by atoms with Crippen molar-refractivity contribution in [3.63, 3.8) is 0 Å². The number of amides is 2. The zero-order valence-electron chi connectivity index (χ0n) is 15.5. The third kappa shape index (κ3) is 3.22. The predicted octanol–water partition coefficient (Wildman–Crippen LogP) is 6.33. The summed E-state index contributed by atoms with van der Waals surface area (Å²) in [4.78, 5) is 16.5. The van der Waals surface area contributed by atoms with Crippen molar-refractivity contribution in [3.05, 3.63) is 106 Å². The molecule has 1 aliphatic heterocycles. The zero-order valence-corrected chi connectivity index (χ0v) is 17.0. The fourth-order valence-electron chi connectivity index (χ4n) is 3.84. The van der Waals surface area contributed by atoms with Crippen LogP contribution in [0.5, 0.6) is 0 Å².